The van der Waals surface area contributed by atoms with Gasteiger partial charge in [-0.1, -0.05) is 26.3 Å². The highest BCUT2D eigenvalue weighted by Gasteiger charge is 2.66. The Kier molecular flexibility index (Phi) is 3.46. The third-order valence-electron chi connectivity index (χ3n) is 8.81. The number of hydrogen-bond acceptors (Lipinski definition) is 3. The van der Waals surface area contributed by atoms with Crippen LogP contribution in [0.2, 0.25) is 0 Å². The van der Waals surface area contributed by atoms with Crippen molar-refractivity contribution in [2.24, 2.45) is 34.5 Å². The van der Waals surface area contributed by atoms with Gasteiger partial charge in [-0.25, -0.2) is 0 Å². The molecule has 0 amide bonds. The van der Waals surface area contributed by atoms with Gasteiger partial charge in [0.1, 0.15) is 0 Å². The van der Waals surface area contributed by atoms with Crippen molar-refractivity contribution in [1.29, 1.82) is 0 Å². The number of allylic oxidation sites excluding steroid dienone is 1. The highest BCUT2D eigenvalue weighted by atomic mass is 16.3. The Morgan fingerprint density at radius 2 is 1.92 bits per heavy atom. The summed E-state index contributed by atoms with van der Waals surface area (Å²) in [5, 5.41) is 22.2. The molecule has 0 spiro atoms. The second-order valence-electron chi connectivity index (χ2n) is 9.95. The predicted molar refractivity (Wildman–Crippen MR) is 93.3 cm³/mol. The summed E-state index contributed by atoms with van der Waals surface area (Å²) < 4.78 is 0. The molecule has 4 rings (SSSR count). The first kappa shape index (κ1) is 16.8. The average molecular weight is 332 g/mol. The van der Waals surface area contributed by atoms with Crippen LogP contribution in [0, 0.1) is 34.5 Å². The van der Waals surface area contributed by atoms with Gasteiger partial charge in [0, 0.05) is 11.8 Å². The summed E-state index contributed by atoms with van der Waals surface area (Å²) in [4.78, 5) is 12.0. The number of ketones is 1. The fourth-order valence-corrected chi connectivity index (χ4v) is 7.23. The van der Waals surface area contributed by atoms with Crippen LogP contribution in [0.3, 0.4) is 0 Å². The van der Waals surface area contributed by atoms with Gasteiger partial charge < -0.3 is 10.2 Å². The number of fused-ring (bicyclic) bond motifs is 5. The molecular formula is C21H32O3. The second kappa shape index (κ2) is 4.94. The molecule has 0 bridgehead atoms. The smallest absolute Gasteiger partial charge is 0.155 e. The SMILES string of the molecule is C[C@@H]1CC2=CC(=O)CC[C@]2(C)[C@H]2C(O)C[C@@]3(C)[C@@H](CC[C@]3(C)O)C21. The van der Waals surface area contributed by atoms with E-state index in [0.717, 1.165) is 25.7 Å². The van der Waals surface area contributed by atoms with Crippen LogP contribution in [0.1, 0.15) is 66.2 Å². The number of hydrogen-bond donors (Lipinski definition) is 2. The van der Waals surface area contributed by atoms with E-state index in [4.69, 9.17) is 0 Å². The normalized spacial score (nSPS) is 57.0. The van der Waals surface area contributed by atoms with Gasteiger partial charge in [-0.2, -0.15) is 0 Å². The molecule has 0 aromatic carbocycles. The summed E-state index contributed by atoms with van der Waals surface area (Å²) in [5.41, 5.74) is 0.368. The molecule has 8 atom stereocenters. The lowest BCUT2D eigenvalue weighted by molar-refractivity contribution is -0.176. The van der Waals surface area contributed by atoms with Crippen molar-refractivity contribution in [1.82, 2.24) is 0 Å². The Balaban J connectivity index is 1.80. The zero-order valence-electron chi connectivity index (χ0n) is 15.5. The van der Waals surface area contributed by atoms with Gasteiger partial charge in [-0.3, -0.25) is 4.79 Å². The molecule has 3 heteroatoms. The van der Waals surface area contributed by atoms with Gasteiger partial charge in [0.25, 0.3) is 0 Å². The van der Waals surface area contributed by atoms with Gasteiger partial charge >= 0.3 is 0 Å². The first-order valence-electron chi connectivity index (χ1n) is 9.74. The minimum Gasteiger partial charge on any atom is -0.393 e. The molecule has 4 aliphatic carbocycles. The van der Waals surface area contributed by atoms with E-state index in [9.17, 15) is 15.0 Å². The Bertz CT molecular complexity index is 606. The van der Waals surface area contributed by atoms with Crippen molar-refractivity contribution in [3.8, 4) is 0 Å². The molecule has 2 unspecified atom stereocenters. The highest BCUT2D eigenvalue weighted by Crippen LogP contribution is 2.68. The summed E-state index contributed by atoms with van der Waals surface area (Å²) in [6, 6.07) is 0. The molecule has 0 aromatic rings. The topological polar surface area (TPSA) is 57.5 Å². The number of rotatable bonds is 0. The first-order chi connectivity index (χ1) is 11.1. The molecular weight excluding hydrogens is 300 g/mol. The lowest BCUT2D eigenvalue weighted by Gasteiger charge is -2.62. The van der Waals surface area contributed by atoms with Gasteiger partial charge in [-0.15, -0.1) is 0 Å². The van der Waals surface area contributed by atoms with E-state index in [-0.39, 0.29) is 28.6 Å². The maximum Gasteiger partial charge on any atom is 0.155 e. The predicted octanol–water partition coefficient (Wildman–Crippen LogP) is 3.49. The summed E-state index contributed by atoms with van der Waals surface area (Å²) in [5.74, 6) is 1.88. The molecule has 24 heavy (non-hydrogen) atoms. The van der Waals surface area contributed by atoms with Gasteiger partial charge in [-0.05, 0) is 74.2 Å². The van der Waals surface area contributed by atoms with Crippen LogP contribution in [0.5, 0.6) is 0 Å². The zero-order chi connectivity index (χ0) is 17.5. The van der Waals surface area contributed by atoms with Crippen molar-refractivity contribution < 1.29 is 15.0 Å². The van der Waals surface area contributed by atoms with Crippen LogP contribution >= 0.6 is 0 Å². The summed E-state index contributed by atoms with van der Waals surface area (Å²) in [6.07, 6.45) is 6.57. The van der Waals surface area contributed by atoms with E-state index in [1.165, 1.54) is 5.57 Å². The average Bonchev–Trinajstić information content (AvgIpc) is 2.71. The molecule has 0 aliphatic heterocycles. The molecule has 0 aromatic heterocycles. The number of aliphatic hydroxyl groups is 2. The minimum atomic E-state index is -0.678. The Morgan fingerprint density at radius 3 is 2.62 bits per heavy atom. The molecule has 3 nitrogen and oxygen atoms in total. The van der Waals surface area contributed by atoms with Crippen LogP contribution in [-0.2, 0) is 4.79 Å². The lowest BCUT2D eigenvalue weighted by atomic mass is 9.43. The Morgan fingerprint density at radius 1 is 1.21 bits per heavy atom. The van der Waals surface area contributed by atoms with Crippen molar-refractivity contribution in [2.45, 2.75) is 77.9 Å². The Hall–Kier alpha value is -0.670. The third kappa shape index (κ3) is 1.94. The molecule has 0 heterocycles. The van der Waals surface area contributed by atoms with E-state index in [1.807, 2.05) is 13.0 Å². The molecule has 134 valence electrons. The molecule has 0 radical (unpaired) electrons. The fourth-order valence-electron chi connectivity index (χ4n) is 7.23. The van der Waals surface area contributed by atoms with E-state index < -0.39 is 5.60 Å². The summed E-state index contributed by atoms with van der Waals surface area (Å²) in [6.45, 7) is 8.76. The lowest BCUT2D eigenvalue weighted by Crippen LogP contribution is -2.61. The van der Waals surface area contributed by atoms with Crippen molar-refractivity contribution in [2.75, 3.05) is 0 Å². The maximum absolute atomic E-state index is 12.0. The van der Waals surface area contributed by atoms with Crippen LogP contribution < -0.4 is 0 Å². The maximum atomic E-state index is 12.0. The monoisotopic (exact) mass is 332 g/mol. The van der Waals surface area contributed by atoms with E-state index in [2.05, 4.69) is 20.8 Å². The number of aliphatic hydroxyl groups excluding tert-OH is 1. The second-order valence-corrected chi connectivity index (χ2v) is 9.95. The fraction of sp³-hybridized carbons (Fsp3) is 0.857. The van der Waals surface area contributed by atoms with E-state index >= 15 is 0 Å². The van der Waals surface area contributed by atoms with Gasteiger partial charge in [0.2, 0.25) is 0 Å². The quantitative estimate of drug-likeness (QED) is 0.714. The van der Waals surface area contributed by atoms with Crippen LogP contribution in [0.4, 0.5) is 0 Å². The molecule has 0 saturated heterocycles. The first-order valence-corrected chi connectivity index (χ1v) is 9.74. The third-order valence-corrected chi connectivity index (χ3v) is 8.81. The number of carbonyl (C=O) groups excluding carboxylic acids is 1. The van der Waals surface area contributed by atoms with Gasteiger partial charge in [0.05, 0.1) is 11.7 Å². The highest BCUT2D eigenvalue weighted by molar-refractivity contribution is 5.91. The van der Waals surface area contributed by atoms with Gasteiger partial charge in [0.15, 0.2) is 5.78 Å². The van der Waals surface area contributed by atoms with Crippen molar-refractivity contribution >= 4 is 5.78 Å². The minimum absolute atomic E-state index is 0.0414. The zero-order valence-corrected chi connectivity index (χ0v) is 15.5. The van der Waals surface area contributed by atoms with E-state index in [0.29, 0.717) is 30.6 Å². The van der Waals surface area contributed by atoms with E-state index in [1.54, 1.807) is 0 Å². The molecule has 3 saturated carbocycles. The molecule has 4 aliphatic rings. The largest absolute Gasteiger partial charge is 0.393 e. The van der Waals surface area contributed by atoms with Crippen molar-refractivity contribution in [3.05, 3.63) is 11.6 Å². The van der Waals surface area contributed by atoms with Crippen LogP contribution in [0.15, 0.2) is 11.6 Å². The molecule has 2 N–H and O–H groups in total. The van der Waals surface area contributed by atoms with Crippen LogP contribution in [0.25, 0.3) is 0 Å². The Labute approximate surface area is 145 Å². The standard InChI is InChI=1S/C21H32O3/c1-12-9-13-10-14(22)5-7-19(13,2)18-16(23)11-20(3)15(17(12)18)6-8-21(20,4)24/h10,12,15-18,23-24H,5-9,11H2,1-4H3/t12-,15+,16?,17?,18+,19+,20+,21+/m1/s1. The molecule has 3 fully saturated rings. The number of carbonyl (C=O) groups is 1. The summed E-state index contributed by atoms with van der Waals surface area (Å²) >= 11 is 0. The summed E-state index contributed by atoms with van der Waals surface area (Å²) in [7, 11) is 0. The van der Waals surface area contributed by atoms with Crippen molar-refractivity contribution in [3.63, 3.8) is 0 Å². The van der Waals surface area contributed by atoms with Crippen LogP contribution in [-0.4, -0.2) is 27.7 Å².